The van der Waals surface area contributed by atoms with Gasteiger partial charge in [-0.05, 0) is 43.5 Å². The molecule has 2 heterocycles. The fraction of sp³-hybridized carbons (Fsp3) is 0.429. The van der Waals surface area contributed by atoms with Gasteiger partial charge in [0.15, 0.2) is 5.76 Å². The van der Waals surface area contributed by atoms with E-state index < -0.39 is 0 Å². The van der Waals surface area contributed by atoms with E-state index in [4.69, 9.17) is 9.15 Å². The first-order valence-corrected chi connectivity index (χ1v) is 9.44. The molecule has 0 atom stereocenters. The normalized spacial score (nSPS) is 14.7. The summed E-state index contributed by atoms with van der Waals surface area (Å²) in [6.07, 6.45) is 3.41. The van der Waals surface area contributed by atoms with E-state index in [-0.39, 0.29) is 11.8 Å². The van der Waals surface area contributed by atoms with Gasteiger partial charge in [0.1, 0.15) is 5.75 Å². The third kappa shape index (κ3) is 5.12. The maximum atomic E-state index is 12.5. The van der Waals surface area contributed by atoms with Gasteiger partial charge in [-0.3, -0.25) is 9.59 Å². The van der Waals surface area contributed by atoms with Gasteiger partial charge in [-0.15, -0.1) is 0 Å². The molecule has 6 nitrogen and oxygen atoms in total. The number of hydrogen-bond donors (Lipinski definition) is 0. The Morgan fingerprint density at radius 1 is 1.04 bits per heavy atom. The van der Waals surface area contributed by atoms with Crippen LogP contribution in [-0.2, 0) is 4.79 Å². The third-order valence-electron chi connectivity index (χ3n) is 4.75. The van der Waals surface area contributed by atoms with Crippen LogP contribution in [-0.4, -0.2) is 54.4 Å². The van der Waals surface area contributed by atoms with Crippen LogP contribution in [0.1, 0.15) is 35.4 Å². The molecule has 0 bridgehead atoms. The van der Waals surface area contributed by atoms with Gasteiger partial charge >= 0.3 is 0 Å². The summed E-state index contributed by atoms with van der Waals surface area (Å²) in [5.41, 5.74) is 1.10. The molecule has 0 aliphatic carbocycles. The van der Waals surface area contributed by atoms with Crippen LogP contribution in [0.25, 0.3) is 0 Å². The average Bonchev–Trinajstić information content (AvgIpc) is 3.10. The van der Waals surface area contributed by atoms with Crippen LogP contribution >= 0.6 is 0 Å². The Morgan fingerprint density at radius 2 is 1.81 bits per heavy atom. The highest BCUT2D eigenvalue weighted by atomic mass is 16.5. The highest BCUT2D eigenvalue weighted by molar-refractivity contribution is 5.91. The van der Waals surface area contributed by atoms with Crippen molar-refractivity contribution in [2.24, 2.45) is 0 Å². The molecule has 0 saturated carbocycles. The minimum Gasteiger partial charge on any atom is -0.493 e. The number of rotatable bonds is 6. The fourth-order valence-corrected chi connectivity index (χ4v) is 3.21. The van der Waals surface area contributed by atoms with Crippen LogP contribution in [0.5, 0.6) is 5.75 Å². The molecule has 1 fully saturated rings. The quantitative estimate of drug-likeness (QED) is 0.733. The lowest BCUT2D eigenvalue weighted by Gasteiger charge is -2.21. The van der Waals surface area contributed by atoms with E-state index >= 15 is 0 Å². The minimum atomic E-state index is -0.110. The first kappa shape index (κ1) is 19.0. The second kappa shape index (κ2) is 9.26. The number of furan rings is 1. The molecule has 1 aliphatic heterocycles. The number of nitrogens with zero attached hydrogens (tertiary/aromatic N) is 2. The van der Waals surface area contributed by atoms with Gasteiger partial charge in [0, 0.05) is 32.6 Å². The molecule has 2 aromatic rings. The molecule has 0 N–H and O–H groups in total. The van der Waals surface area contributed by atoms with Crippen molar-refractivity contribution in [1.82, 2.24) is 9.80 Å². The summed E-state index contributed by atoms with van der Waals surface area (Å²) in [6.45, 7) is 4.94. The van der Waals surface area contributed by atoms with Crippen LogP contribution in [0.2, 0.25) is 0 Å². The molecule has 1 aromatic heterocycles. The summed E-state index contributed by atoms with van der Waals surface area (Å²) in [5, 5.41) is 0. The fourth-order valence-electron chi connectivity index (χ4n) is 3.21. The molecule has 0 unspecified atom stereocenters. The van der Waals surface area contributed by atoms with E-state index in [0.29, 0.717) is 51.4 Å². The van der Waals surface area contributed by atoms with E-state index in [0.717, 1.165) is 17.7 Å². The molecule has 0 radical (unpaired) electrons. The summed E-state index contributed by atoms with van der Waals surface area (Å²) in [7, 11) is 0. The number of carbonyl (C=O) groups excluding carboxylic acids is 2. The van der Waals surface area contributed by atoms with E-state index in [1.807, 2.05) is 36.1 Å². The summed E-state index contributed by atoms with van der Waals surface area (Å²) in [4.78, 5) is 28.5. The third-order valence-corrected chi connectivity index (χ3v) is 4.75. The van der Waals surface area contributed by atoms with Gasteiger partial charge in [-0.1, -0.05) is 18.2 Å². The predicted octanol–water partition coefficient (Wildman–Crippen LogP) is 3.12. The molecule has 2 amide bonds. The van der Waals surface area contributed by atoms with Crippen LogP contribution in [0.4, 0.5) is 0 Å². The SMILES string of the molecule is Cc1ccccc1OCCCC(=O)N1CCCN(C(=O)c2ccco2)CC1. The number of aryl methyl sites for hydroxylation is 1. The molecular formula is C21H26N2O4. The average molecular weight is 370 g/mol. The summed E-state index contributed by atoms with van der Waals surface area (Å²) in [5.74, 6) is 1.23. The Bertz CT molecular complexity index is 757. The Hall–Kier alpha value is -2.76. The van der Waals surface area contributed by atoms with E-state index in [1.54, 1.807) is 17.0 Å². The summed E-state index contributed by atoms with van der Waals surface area (Å²) < 4.78 is 10.9. The van der Waals surface area contributed by atoms with E-state index in [9.17, 15) is 9.59 Å². The molecule has 6 heteroatoms. The van der Waals surface area contributed by atoms with Crippen molar-refractivity contribution in [2.45, 2.75) is 26.2 Å². The highest BCUT2D eigenvalue weighted by Crippen LogP contribution is 2.17. The number of carbonyl (C=O) groups is 2. The van der Waals surface area contributed by atoms with Crippen molar-refractivity contribution >= 4 is 11.8 Å². The maximum absolute atomic E-state index is 12.5. The number of para-hydroxylation sites is 1. The second-order valence-electron chi connectivity index (χ2n) is 6.72. The molecule has 27 heavy (non-hydrogen) atoms. The van der Waals surface area contributed by atoms with E-state index in [2.05, 4.69) is 0 Å². The van der Waals surface area contributed by atoms with Gasteiger partial charge in [0.2, 0.25) is 5.91 Å². The molecule has 1 aliphatic rings. The monoisotopic (exact) mass is 370 g/mol. The lowest BCUT2D eigenvalue weighted by Crippen LogP contribution is -2.37. The van der Waals surface area contributed by atoms with Crippen molar-refractivity contribution < 1.29 is 18.7 Å². The van der Waals surface area contributed by atoms with Crippen molar-refractivity contribution in [3.63, 3.8) is 0 Å². The van der Waals surface area contributed by atoms with Crippen molar-refractivity contribution in [3.8, 4) is 5.75 Å². The van der Waals surface area contributed by atoms with Crippen LogP contribution < -0.4 is 4.74 Å². The van der Waals surface area contributed by atoms with Gasteiger partial charge < -0.3 is 19.0 Å². The topological polar surface area (TPSA) is 63.0 Å². The zero-order chi connectivity index (χ0) is 19.1. The summed E-state index contributed by atoms with van der Waals surface area (Å²) >= 11 is 0. The van der Waals surface area contributed by atoms with Crippen molar-refractivity contribution in [2.75, 3.05) is 32.8 Å². The van der Waals surface area contributed by atoms with Gasteiger partial charge in [0.25, 0.3) is 5.91 Å². The van der Waals surface area contributed by atoms with Crippen LogP contribution in [0.15, 0.2) is 47.1 Å². The number of benzene rings is 1. The molecule has 1 aromatic carbocycles. The minimum absolute atomic E-state index is 0.110. The Balaban J connectivity index is 1.41. The molecule has 144 valence electrons. The molecule has 0 spiro atoms. The maximum Gasteiger partial charge on any atom is 0.289 e. The smallest absolute Gasteiger partial charge is 0.289 e. The lowest BCUT2D eigenvalue weighted by atomic mass is 10.2. The van der Waals surface area contributed by atoms with Gasteiger partial charge in [-0.2, -0.15) is 0 Å². The standard InChI is InChI=1S/C21H26N2O4/c1-17-7-2-3-8-18(17)26-16-5-10-20(24)22-11-6-12-23(14-13-22)21(25)19-9-4-15-27-19/h2-4,7-9,15H,5-6,10-14,16H2,1H3. The second-order valence-corrected chi connectivity index (χ2v) is 6.72. The lowest BCUT2D eigenvalue weighted by molar-refractivity contribution is -0.131. The first-order valence-electron chi connectivity index (χ1n) is 9.44. The molecule has 3 rings (SSSR count). The Labute approximate surface area is 159 Å². The number of ether oxygens (including phenoxy) is 1. The largest absolute Gasteiger partial charge is 0.493 e. The Kier molecular flexibility index (Phi) is 6.52. The van der Waals surface area contributed by atoms with Crippen LogP contribution in [0.3, 0.4) is 0 Å². The number of amides is 2. The number of hydrogen-bond acceptors (Lipinski definition) is 4. The summed E-state index contributed by atoms with van der Waals surface area (Å²) in [6, 6.07) is 11.3. The van der Waals surface area contributed by atoms with Crippen molar-refractivity contribution in [1.29, 1.82) is 0 Å². The van der Waals surface area contributed by atoms with E-state index in [1.165, 1.54) is 6.26 Å². The predicted molar refractivity (Wildman–Crippen MR) is 102 cm³/mol. The zero-order valence-electron chi connectivity index (χ0n) is 15.7. The highest BCUT2D eigenvalue weighted by Gasteiger charge is 2.23. The Morgan fingerprint density at radius 3 is 2.59 bits per heavy atom. The molecule has 1 saturated heterocycles. The van der Waals surface area contributed by atoms with Gasteiger partial charge in [-0.25, -0.2) is 0 Å². The van der Waals surface area contributed by atoms with Gasteiger partial charge in [0.05, 0.1) is 12.9 Å². The molecular weight excluding hydrogens is 344 g/mol. The van der Waals surface area contributed by atoms with Crippen LogP contribution in [0, 0.1) is 6.92 Å². The first-order chi connectivity index (χ1) is 13.1. The zero-order valence-corrected chi connectivity index (χ0v) is 15.7. The van der Waals surface area contributed by atoms with Crippen molar-refractivity contribution in [3.05, 3.63) is 54.0 Å².